The Hall–Kier alpha value is -3.59. The molecule has 0 bridgehead atoms. The molecule has 2 aromatic carbocycles. The molecule has 2 unspecified atom stereocenters. The predicted molar refractivity (Wildman–Crippen MR) is 135 cm³/mol. The van der Waals surface area contributed by atoms with Crippen LogP contribution in [-0.4, -0.2) is 45.1 Å². The topological polar surface area (TPSA) is 93.8 Å². The molecule has 1 aromatic heterocycles. The summed E-state index contributed by atoms with van der Waals surface area (Å²) >= 11 is 6.45. The number of urea groups is 1. The third kappa shape index (κ3) is 3.69. The van der Waals surface area contributed by atoms with Crippen LogP contribution in [0.3, 0.4) is 0 Å². The summed E-state index contributed by atoms with van der Waals surface area (Å²) in [6.45, 7) is 1.65. The normalized spacial score (nSPS) is 20.1. The zero-order valence-electron chi connectivity index (χ0n) is 20.4. The second kappa shape index (κ2) is 9.13. The number of anilines is 1. The van der Waals surface area contributed by atoms with Crippen molar-refractivity contribution in [2.24, 2.45) is 20.0 Å². The first kappa shape index (κ1) is 24.1. The average molecular weight is 511 g/mol. The molecular formula is C26H27ClN4O5. The van der Waals surface area contributed by atoms with Gasteiger partial charge in [0.05, 0.1) is 30.2 Å². The van der Waals surface area contributed by atoms with Crippen molar-refractivity contribution >= 4 is 46.2 Å². The van der Waals surface area contributed by atoms with Crippen LogP contribution >= 0.6 is 11.6 Å². The Morgan fingerprint density at radius 1 is 1.08 bits per heavy atom. The standard InChI is InChI=1S/C26H27ClN4O5/c1-4-36-24(33)18-14-30(15-11-12-21-22(13-15)29(3)25(34)28(21)2)26(35)31(23(18)32)20-10-6-7-16-17(20)8-5-9-19(16)27/h5,8-9,11-13,18,20H,4,6-7,10,14H2,1-3H3. The molecule has 2 atom stereocenters. The van der Waals surface area contributed by atoms with E-state index in [0.717, 1.165) is 24.0 Å². The van der Waals surface area contributed by atoms with Crippen LogP contribution in [0.25, 0.3) is 11.0 Å². The lowest BCUT2D eigenvalue weighted by Gasteiger charge is -2.43. The molecule has 9 nitrogen and oxygen atoms in total. The molecule has 0 radical (unpaired) electrons. The van der Waals surface area contributed by atoms with Gasteiger partial charge in [0.1, 0.15) is 0 Å². The number of imide groups is 1. The van der Waals surface area contributed by atoms with Crippen LogP contribution in [0.15, 0.2) is 41.2 Å². The number of fused-ring (bicyclic) bond motifs is 2. The van der Waals surface area contributed by atoms with Gasteiger partial charge in [-0.2, -0.15) is 0 Å². The second-order valence-electron chi connectivity index (χ2n) is 9.20. The van der Waals surface area contributed by atoms with E-state index >= 15 is 0 Å². The van der Waals surface area contributed by atoms with Gasteiger partial charge in [-0.15, -0.1) is 0 Å². The van der Waals surface area contributed by atoms with Crippen molar-refractivity contribution < 1.29 is 19.1 Å². The fourth-order valence-corrected chi connectivity index (χ4v) is 5.64. The largest absolute Gasteiger partial charge is 0.465 e. The first-order chi connectivity index (χ1) is 17.2. The summed E-state index contributed by atoms with van der Waals surface area (Å²) in [4.78, 5) is 55.5. The quantitative estimate of drug-likeness (QED) is 0.395. The third-order valence-corrected chi connectivity index (χ3v) is 7.56. The molecule has 188 valence electrons. The number of rotatable bonds is 4. The number of aromatic nitrogens is 2. The number of esters is 1. The average Bonchev–Trinajstić information content (AvgIpc) is 3.08. The van der Waals surface area contributed by atoms with Crippen molar-refractivity contribution in [3.8, 4) is 0 Å². The van der Waals surface area contributed by atoms with Crippen molar-refractivity contribution in [2.45, 2.75) is 32.2 Å². The molecular weight excluding hydrogens is 484 g/mol. The van der Waals surface area contributed by atoms with Gasteiger partial charge in [0, 0.05) is 24.8 Å². The van der Waals surface area contributed by atoms with Crippen LogP contribution in [0.1, 0.15) is 36.9 Å². The van der Waals surface area contributed by atoms with Crippen molar-refractivity contribution in [1.82, 2.24) is 14.0 Å². The summed E-state index contributed by atoms with van der Waals surface area (Å²) in [5.74, 6) is -2.40. The Morgan fingerprint density at radius 2 is 1.83 bits per heavy atom. The molecule has 3 amide bonds. The fraction of sp³-hybridized carbons (Fsp3) is 0.385. The van der Waals surface area contributed by atoms with Crippen molar-refractivity contribution in [1.29, 1.82) is 0 Å². The van der Waals surface area contributed by atoms with Crippen LogP contribution < -0.4 is 10.6 Å². The predicted octanol–water partition coefficient (Wildman–Crippen LogP) is 3.56. The Kier molecular flexibility index (Phi) is 6.12. The molecule has 0 N–H and O–H groups in total. The van der Waals surface area contributed by atoms with Crippen LogP contribution in [0.5, 0.6) is 0 Å². The van der Waals surface area contributed by atoms with Crippen LogP contribution in [-0.2, 0) is 34.8 Å². The van der Waals surface area contributed by atoms with Gasteiger partial charge in [0.25, 0.3) is 0 Å². The minimum atomic E-state index is -1.16. The number of aryl methyl sites for hydroxylation is 2. The summed E-state index contributed by atoms with van der Waals surface area (Å²) in [5.41, 5.74) is 3.38. The molecule has 1 saturated heterocycles. The highest BCUT2D eigenvalue weighted by atomic mass is 35.5. The van der Waals surface area contributed by atoms with Gasteiger partial charge < -0.3 is 4.74 Å². The first-order valence-corrected chi connectivity index (χ1v) is 12.4. The number of ether oxygens (including phenoxy) is 1. The van der Waals surface area contributed by atoms with Crippen molar-refractivity contribution in [3.63, 3.8) is 0 Å². The van der Waals surface area contributed by atoms with E-state index in [9.17, 15) is 19.2 Å². The molecule has 2 heterocycles. The number of amides is 3. The van der Waals surface area contributed by atoms with Crippen molar-refractivity contribution in [3.05, 3.63) is 63.0 Å². The molecule has 5 rings (SSSR count). The van der Waals surface area contributed by atoms with Crippen molar-refractivity contribution in [2.75, 3.05) is 18.1 Å². The summed E-state index contributed by atoms with van der Waals surface area (Å²) in [6.07, 6.45) is 2.08. The van der Waals surface area contributed by atoms with Gasteiger partial charge in [-0.25, -0.2) is 9.59 Å². The zero-order chi connectivity index (χ0) is 25.7. The number of benzene rings is 2. The van der Waals surface area contributed by atoms with E-state index in [1.807, 2.05) is 12.1 Å². The van der Waals surface area contributed by atoms with Gasteiger partial charge >= 0.3 is 17.7 Å². The number of hydrogen-bond acceptors (Lipinski definition) is 5. The first-order valence-electron chi connectivity index (χ1n) is 12.0. The SMILES string of the molecule is CCOC(=O)C1CN(c2ccc3c(c2)n(C)c(=O)n3C)C(=O)N(C2CCCc3c(Cl)cccc32)C1=O. The molecule has 0 spiro atoms. The molecule has 1 fully saturated rings. The van der Waals surface area contributed by atoms with E-state index in [2.05, 4.69) is 0 Å². The lowest BCUT2D eigenvalue weighted by molar-refractivity contribution is -0.155. The second-order valence-corrected chi connectivity index (χ2v) is 9.60. The maximum atomic E-state index is 13.9. The van der Waals surface area contributed by atoms with Gasteiger partial charge in [-0.1, -0.05) is 23.7 Å². The summed E-state index contributed by atoms with van der Waals surface area (Å²) in [5, 5.41) is 0.600. The number of hydrogen-bond donors (Lipinski definition) is 0. The lowest BCUT2D eigenvalue weighted by Crippen LogP contribution is -2.60. The van der Waals surface area contributed by atoms with Gasteiger partial charge in [-0.3, -0.25) is 28.5 Å². The van der Waals surface area contributed by atoms with Gasteiger partial charge in [0.15, 0.2) is 5.92 Å². The number of carbonyl (C=O) groups is 3. The number of nitrogens with zero attached hydrogens (tertiary/aromatic N) is 4. The Labute approximate surface area is 212 Å². The molecule has 10 heteroatoms. The highest BCUT2D eigenvalue weighted by Crippen LogP contribution is 2.40. The van der Waals surface area contributed by atoms with Crippen LogP contribution in [0.4, 0.5) is 10.5 Å². The maximum absolute atomic E-state index is 13.9. The maximum Gasteiger partial charge on any atom is 0.331 e. The third-order valence-electron chi connectivity index (χ3n) is 7.21. The van der Waals surface area contributed by atoms with Gasteiger partial charge in [0.2, 0.25) is 5.91 Å². The summed E-state index contributed by atoms with van der Waals surface area (Å²) < 4.78 is 8.23. The highest BCUT2D eigenvalue weighted by molar-refractivity contribution is 6.31. The van der Waals surface area contributed by atoms with Crippen LogP contribution in [0, 0.1) is 5.92 Å². The Balaban J connectivity index is 1.62. The highest BCUT2D eigenvalue weighted by Gasteiger charge is 2.48. The molecule has 3 aromatic rings. The monoisotopic (exact) mass is 510 g/mol. The number of carbonyl (C=O) groups excluding carboxylic acids is 3. The Morgan fingerprint density at radius 3 is 2.58 bits per heavy atom. The summed E-state index contributed by atoms with van der Waals surface area (Å²) in [7, 11) is 3.34. The molecule has 0 saturated carbocycles. The van der Waals surface area contributed by atoms with E-state index in [1.54, 1.807) is 45.3 Å². The number of halogens is 1. The minimum absolute atomic E-state index is 0.122. The van der Waals surface area contributed by atoms with E-state index in [4.69, 9.17) is 16.3 Å². The van der Waals surface area contributed by atoms with Crippen LogP contribution in [0.2, 0.25) is 5.02 Å². The van der Waals surface area contributed by atoms with Gasteiger partial charge in [-0.05, 0) is 61.6 Å². The minimum Gasteiger partial charge on any atom is -0.465 e. The molecule has 1 aliphatic carbocycles. The zero-order valence-corrected chi connectivity index (χ0v) is 21.1. The van der Waals surface area contributed by atoms with E-state index in [1.165, 1.54) is 18.9 Å². The Bertz CT molecular complexity index is 1460. The molecule has 1 aliphatic heterocycles. The molecule has 36 heavy (non-hydrogen) atoms. The van der Waals surface area contributed by atoms with E-state index in [0.29, 0.717) is 28.2 Å². The smallest absolute Gasteiger partial charge is 0.331 e. The summed E-state index contributed by atoms with van der Waals surface area (Å²) in [6, 6.07) is 9.65. The van der Waals surface area contributed by atoms with E-state index < -0.39 is 29.9 Å². The lowest BCUT2D eigenvalue weighted by atomic mass is 9.85. The van der Waals surface area contributed by atoms with E-state index in [-0.39, 0.29) is 18.8 Å². The molecule has 2 aliphatic rings. The number of imidazole rings is 1. The fourth-order valence-electron chi connectivity index (χ4n) is 5.36.